The Morgan fingerprint density at radius 2 is 0.730 bits per heavy atom. The molecule has 0 unspecified atom stereocenters. The van der Waals surface area contributed by atoms with Crippen LogP contribution in [0, 0.1) is 0 Å². The van der Waals surface area contributed by atoms with Gasteiger partial charge in [-0.25, -0.2) is 0 Å². The van der Waals surface area contributed by atoms with E-state index in [2.05, 4.69) is 240 Å². The first-order valence-electron chi connectivity index (χ1n) is 21.5. The second-order valence-electron chi connectivity index (χ2n) is 16.1. The quantitative estimate of drug-likeness (QED) is 0.153. The molecular formula is C60H40N2O. The maximum Gasteiger partial charge on any atom is 0.143 e. The first-order valence-corrected chi connectivity index (χ1v) is 21.5. The lowest BCUT2D eigenvalue weighted by Gasteiger charge is -2.26. The highest BCUT2D eigenvalue weighted by Crippen LogP contribution is 2.41. The van der Waals surface area contributed by atoms with Crippen molar-refractivity contribution in [1.29, 1.82) is 0 Å². The third-order valence-electron chi connectivity index (χ3n) is 12.4. The van der Waals surface area contributed by atoms with E-state index in [0.717, 1.165) is 61.4 Å². The van der Waals surface area contributed by atoms with Crippen molar-refractivity contribution in [1.82, 2.24) is 4.57 Å². The van der Waals surface area contributed by atoms with Gasteiger partial charge in [-0.2, -0.15) is 0 Å². The number of fused-ring (bicyclic) bond motifs is 6. The smallest absolute Gasteiger partial charge is 0.143 e. The van der Waals surface area contributed by atoms with E-state index >= 15 is 0 Å². The van der Waals surface area contributed by atoms with Crippen molar-refractivity contribution >= 4 is 60.8 Å². The van der Waals surface area contributed by atoms with Crippen LogP contribution in [-0.4, -0.2) is 4.57 Å². The number of anilines is 3. The molecular weight excluding hydrogens is 765 g/mol. The number of para-hydroxylation sites is 3. The van der Waals surface area contributed by atoms with Gasteiger partial charge in [-0.05, 0) is 118 Å². The van der Waals surface area contributed by atoms with Crippen LogP contribution in [0.3, 0.4) is 0 Å². The highest BCUT2D eigenvalue weighted by atomic mass is 16.3. The summed E-state index contributed by atoms with van der Waals surface area (Å²) >= 11 is 0. The maximum absolute atomic E-state index is 6.43. The molecule has 0 aliphatic rings. The normalized spacial score (nSPS) is 11.5. The van der Waals surface area contributed by atoms with E-state index in [9.17, 15) is 0 Å². The molecule has 0 aliphatic carbocycles. The Morgan fingerprint density at radius 3 is 1.30 bits per heavy atom. The van der Waals surface area contributed by atoms with E-state index in [1.165, 1.54) is 49.6 Å². The fraction of sp³-hybridized carbons (Fsp3) is 0. The lowest BCUT2D eigenvalue weighted by atomic mass is 9.99. The van der Waals surface area contributed by atoms with Crippen molar-refractivity contribution in [3.05, 3.63) is 243 Å². The molecule has 296 valence electrons. The Kier molecular flexibility index (Phi) is 8.83. The molecule has 0 saturated heterocycles. The van der Waals surface area contributed by atoms with Gasteiger partial charge in [0, 0.05) is 49.9 Å². The lowest BCUT2D eigenvalue weighted by molar-refractivity contribution is 0.670. The van der Waals surface area contributed by atoms with Crippen LogP contribution in [0.25, 0.3) is 93.9 Å². The van der Waals surface area contributed by atoms with E-state index in [1.54, 1.807) is 0 Å². The molecule has 10 aromatic carbocycles. The molecule has 3 heteroatoms. The van der Waals surface area contributed by atoms with Crippen LogP contribution in [0.15, 0.2) is 247 Å². The fourth-order valence-corrected chi connectivity index (χ4v) is 9.32. The second kappa shape index (κ2) is 15.3. The maximum atomic E-state index is 6.43. The summed E-state index contributed by atoms with van der Waals surface area (Å²) in [5, 5.41) is 4.73. The van der Waals surface area contributed by atoms with E-state index < -0.39 is 0 Å². The average molecular weight is 805 g/mol. The molecule has 0 spiro atoms. The third-order valence-corrected chi connectivity index (χ3v) is 12.4. The number of hydrogen-bond acceptors (Lipinski definition) is 2. The van der Waals surface area contributed by atoms with Gasteiger partial charge in [-0.15, -0.1) is 0 Å². The number of nitrogens with zero attached hydrogens (tertiary/aromatic N) is 2. The van der Waals surface area contributed by atoms with Crippen molar-refractivity contribution in [2.45, 2.75) is 0 Å². The minimum Gasteiger partial charge on any atom is -0.455 e. The zero-order valence-electron chi connectivity index (χ0n) is 34.4. The first kappa shape index (κ1) is 36.5. The van der Waals surface area contributed by atoms with Gasteiger partial charge in [0.2, 0.25) is 0 Å². The largest absolute Gasteiger partial charge is 0.455 e. The van der Waals surface area contributed by atoms with Gasteiger partial charge in [-0.1, -0.05) is 164 Å². The Labute approximate surface area is 366 Å². The SMILES string of the molecule is c1ccc(-c2ccc(N(c3ccc(-c4ccc5c(c4)c4cc(-c6ccccc6)ccc4n5-c4ccccc4)cc3)c3ccc(-c4cccc5c4oc4ccccc45)cc3)cc2)cc1. The molecule has 0 atom stereocenters. The van der Waals surface area contributed by atoms with Gasteiger partial charge >= 0.3 is 0 Å². The van der Waals surface area contributed by atoms with Crippen molar-refractivity contribution in [2.75, 3.05) is 4.90 Å². The zero-order valence-corrected chi connectivity index (χ0v) is 34.4. The van der Waals surface area contributed by atoms with Crippen LogP contribution < -0.4 is 4.90 Å². The van der Waals surface area contributed by atoms with Crippen LogP contribution >= 0.6 is 0 Å². The summed E-state index contributed by atoms with van der Waals surface area (Å²) in [5.41, 5.74) is 17.9. The molecule has 3 nitrogen and oxygen atoms in total. The second-order valence-corrected chi connectivity index (χ2v) is 16.1. The number of benzene rings is 10. The molecule has 0 N–H and O–H groups in total. The van der Waals surface area contributed by atoms with Gasteiger partial charge in [0.15, 0.2) is 0 Å². The number of hydrogen-bond donors (Lipinski definition) is 0. The standard InChI is InChI=1S/C60H40N2O/c1-4-13-41(14-5-1)43-23-31-49(32-24-43)61(51-35-27-45(28-36-51)52-20-12-21-54-53-19-10-11-22-59(53)63-60(52)54)50-33-25-44(26-34-50)47-30-38-58-56(40-47)55-39-46(42-15-6-2-7-16-42)29-37-57(55)62(58)48-17-8-3-9-18-48/h1-40H. The van der Waals surface area contributed by atoms with E-state index in [-0.39, 0.29) is 0 Å². The van der Waals surface area contributed by atoms with Crippen LogP contribution in [0.1, 0.15) is 0 Å². The molecule has 63 heavy (non-hydrogen) atoms. The Bertz CT molecular complexity index is 3570. The summed E-state index contributed by atoms with van der Waals surface area (Å²) in [6.07, 6.45) is 0. The Hall–Kier alpha value is -8.40. The van der Waals surface area contributed by atoms with E-state index in [4.69, 9.17) is 4.42 Å². The van der Waals surface area contributed by atoms with Crippen molar-refractivity contribution < 1.29 is 4.42 Å². The van der Waals surface area contributed by atoms with Gasteiger partial charge in [0.1, 0.15) is 11.2 Å². The van der Waals surface area contributed by atoms with Gasteiger partial charge < -0.3 is 13.9 Å². The minimum atomic E-state index is 0.904. The summed E-state index contributed by atoms with van der Waals surface area (Å²) in [6, 6.07) is 87.0. The predicted molar refractivity (Wildman–Crippen MR) is 264 cm³/mol. The summed E-state index contributed by atoms with van der Waals surface area (Å²) in [5.74, 6) is 0. The molecule has 0 aliphatic heterocycles. The van der Waals surface area contributed by atoms with Crippen molar-refractivity contribution in [3.63, 3.8) is 0 Å². The van der Waals surface area contributed by atoms with Crippen molar-refractivity contribution in [2.24, 2.45) is 0 Å². The highest BCUT2D eigenvalue weighted by Gasteiger charge is 2.18. The topological polar surface area (TPSA) is 21.3 Å². The molecule has 0 saturated carbocycles. The van der Waals surface area contributed by atoms with Gasteiger partial charge in [0.25, 0.3) is 0 Å². The fourth-order valence-electron chi connectivity index (χ4n) is 9.32. The minimum absolute atomic E-state index is 0.904. The summed E-state index contributed by atoms with van der Waals surface area (Å²) in [7, 11) is 0. The van der Waals surface area contributed by atoms with Crippen LogP contribution in [-0.2, 0) is 0 Å². The monoisotopic (exact) mass is 804 g/mol. The highest BCUT2D eigenvalue weighted by molar-refractivity contribution is 6.12. The zero-order chi connectivity index (χ0) is 41.7. The molecule has 0 amide bonds. The summed E-state index contributed by atoms with van der Waals surface area (Å²) in [4.78, 5) is 2.34. The Balaban J connectivity index is 0.942. The van der Waals surface area contributed by atoms with Crippen LogP contribution in [0.5, 0.6) is 0 Å². The van der Waals surface area contributed by atoms with E-state index in [1.807, 2.05) is 12.1 Å². The molecule has 2 heterocycles. The summed E-state index contributed by atoms with van der Waals surface area (Å²) in [6.45, 7) is 0. The first-order chi connectivity index (χ1) is 31.2. The van der Waals surface area contributed by atoms with Gasteiger partial charge in [0.05, 0.1) is 11.0 Å². The van der Waals surface area contributed by atoms with Crippen LogP contribution in [0.2, 0.25) is 0 Å². The van der Waals surface area contributed by atoms with Crippen molar-refractivity contribution in [3.8, 4) is 50.2 Å². The molecule has 2 aromatic heterocycles. The van der Waals surface area contributed by atoms with Gasteiger partial charge in [-0.3, -0.25) is 0 Å². The number of aromatic nitrogens is 1. The third kappa shape index (κ3) is 6.46. The number of furan rings is 1. The molecule has 0 bridgehead atoms. The number of rotatable bonds is 8. The van der Waals surface area contributed by atoms with E-state index in [0.29, 0.717) is 0 Å². The molecule has 0 fully saturated rings. The lowest BCUT2D eigenvalue weighted by Crippen LogP contribution is -2.09. The average Bonchev–Trinajstić information content (AvgIpc) is 3.91. The molecule has 12 rings (SSSR count). The van der Waals surface area contributed by atoms with Crippen LogP contribution in [0.4, 0.5) is 17.1 Å². The Morgan fingerprint density at radius 1 is 0.302 bits per heavy atom. The molecule has 12 aromatic rings. The molecule has 0 radical (unpaired) electrons. The summed E-state index contributed by atoms with van der Waals surface area (Å²) < 4.78 is 8.81. The predicted octanol–water partition coefficient (Wildman–Crippen LogP) is 16.8.